The van der Waals surface area contributed by atoms with E-state index in [1.54, 1.807) is 13.0 Å². The quantitative estimate of drug-likeness (QED) is 0.701. The van der Waals surface area contributed by atoms with E-state index < -0.39 is 28.3 Å². The van der Waals surface area contributed by atoms with Crippen LogP contribution in [0.15, 0.2) is 60.0 Å². The van der Waals surface area contributed by atoms with E-state index in [1.807, 2.05) is 0 Å². The first kappa shape index (κ1) is 20.6. The second-order valence-electron chi connectivity index (χ2n) is 5.77. The molecule has 0 heterocycles. The average molecular weight is 392 g/mol. The number of hydrogen-bond acceptors (Lipinski definition) is 4. The van der Waals surface area contributed by atoms with Gasteiger partial charge in [-0.3, -0.25) is 4.79 Å². The summed E-state index contributed by atoms with van der Waals surface area (Å²) < 4.78 is 45.2. The monoisotopic (exact) mass is 392 g/mol. The summed E-state index contributed by atoms with van der Waals surface area (Å²) in [6.45, 7) is 4.66. The lowest BCUT2D eigenvalue weighted by Crippen LogP contribution is -2.38. The van der Waals surface area contributed by atoms with E-state index in [-0.39, 0.29) is 17.1 Å². The predicted octanol–water partition coefficient (Wildman–Crippen LogP) is 2.96. The van der Waals surface area contributed by atoms with Gasteiger partial charge >= 0.3 is 0 Å². The number of carbonyl (C=O) groups excluding carboxylic acids is 1. The van der Waals surface area contributed by atoms with Gasteiger partial charge in [0.2, 0.25) is 15.9 Å². The van der Waals surface area contributed by atoms with Crippen LogP contribution in [0.4, 0.5) is 10.1 Å². The zero-order chi connectivity index (χ0) is 20.0. The molecule has 0 spiro atoms. The highest BCUT2D eigenvalue weighted by molar-refractivity contribution is 7.89. The third-order valence-corrected chi connectivity index (χ3v) is 5.63. The molecule has 0 fully saturated rings. The number of benzene rings is 2. The van der Waals surface area contributed by atoms with Gasteiger partial charge in [-0.15, -0.1) is 6.58 Å². The van der Waals surface area contributed by atoms with Crippen molar-refractivity contribution in [3.63, 3.8) is 0 Å². The Morgan fingerprint density at radius 2 is 1.93 bits per heavy atom. The fourth-order valence-corrected chi connectivity index (χ4v) is 3.69. The van der Waals surface area contributed by atoms with Gasteiger partial charge in [-0.2, -0.15) is 4.31 Å². The molecule has 0 unspecified atom stereocenters. The first-order chi connectivity index (χ1) is 12.8. The van der Waals surface area contributed by atoms with Crippen LogP contribution in [0.3, 0.4) is 0 Å². The standard InChI is InChI=1S/C19H21FN2O4S/c1-4-11-22(27(24,25)17-9-7-16(26-3)8-10-17)13-19(23)21-15-6-5-14(2)18(20)12-15/h4-10,12H,1,11,13H2,2-3H3,(H,21,23). The van der Waals surface area contributed by atoms with Crippen LogP contribution in [0.2, 0.25) is 0 Å². The van der Waals surface area contributed by atoms with Crippen LogP contribution in [0.25, 0.3) is 0 Å². The molecule has 2 aromatic rings. The number of carbonyl (C=O) groups is 1. The number of ether oxygens (including phenoxy) is 1. The van der Waals surface area contributed by atoms with Gasteiger partial charge in [-0.25, -0.2) is 12.8 Å². The van der Waals surface area contributed by atoms with Gasteiger partial charge in [-0.05, 0) is 48.9 Å². The van der Waals surface area contributed by atoms with Crippen molar-refractivity contribution in [1.29, 1.82) is 0 Å². The highest BCUT2D eigenvalue weighted by Gasteiger charge is 2.25. The molecule has 0 bridgehead atoms. The minimum atomic E-state index is -3.92. The Hall–Kier alpha value is -2.71. The third-order valence-electron chi connectivity index (χ3n) is 3.81. The maximum Gasteiger partial charge on any atom is 0.243 e. The lowest BCUT2D eigenvalue weighted by molar-refractivity contribution is -0.116. The van der Waals surface area contributed by atoms with Crippen LogP contribution < -0.4 is 10.1 Å². The third kappa shape index (κ3) is 5.15. The van der Waals surface area contributed by atoms with Crippen molar-refractivity contribution in [2.45, 2.75) is 11.8 Å². The summed E-state index contributed by atoms with van der Waals surface area (Å²) in [6, 6.07) is 10.1. The average Bonchev–Trinajstić information content (AvgIpc) is 2.64. The van der Waals surface area contributed by atoms with Crippen LogP contribution in [0.5, 0.6) is 5.75 Å². The molecule has 0 aliphatic heterocycles. The van der Waals surface area contributed by atoms with E-state index in [4.69, 9.17) is 4.74 Å². The van der Waals surface area contributed by atoms with Crippen LogP contribution in [0.1, 0.15) is 5.56 Å². The molecule has 0 aliphatic carbocycles. The number of anilines is 1. The van der Waals surface area contributed by atoms with E-state index in [9.17, 15) is 17.6 Å². The molecular formula is C19H21FN2O4S. The van der Waals surface area contributed by atoms with Crippen LogP contribution in [0, 0.1) is 12.7 Å². The Morgan fingerprint density at radius 3 is 2.48 bits per heavy atom. The molecule has 0 atom stereocenters. The second-order valence-corrected chi connectivity index (χ2v) is 7.71. The number of rotatable bonds is 8. The Morgan fingerprint density at radius 1 is 1.26 bits per heavy atom. The van der Waals surface area contributed by atoms with Crippen molar-refractivity contribution in [1.82, 2.24) is 4.31 Å². The number of sulfonamides is 1. The highest BCUT2D eigenvalue weighted by atomic mass is 32.2. The molecule has 27 heavy (non-hydrogen) atoms. The Bertz CT molecular complexity index is 927. The number of methoxy groups -OCH3 is 1. The summed E-state index contributed by atoms with van der Waals surface area (Å²) in [5, 5.41) is 2.50. The summed E-state index contributed by atoms with van der Waals surface area (Å²) in [5.41, 5.74) is 0.701. The van der Waals surface area contributed by atoms with Crippen LogP contribution in [-0.4, -0.2) is 38.8 Å². The zero-order valence-electron chi connectivity index (χ0n) is 15.1. The molecule has 0 radical (unpaired) electrons. The number of halogens is 1. The normalized spacial score (nSPS) is 11.3. The van der Waals surface area contributed by atoms with Crippen molar-refractivity contribution in [2.24, 2.45) is 0 Å². The largest absolute Gasteiger partial charge is 0.497 e. The van der Waals surface area contributed by atoms with E-state index in [2.05, 4.69) is 11.9 Å². The van der Waals surface area contributed by atoms with Crippen molar-refractivity contribution in [3.8, 4) is 5.75 Å². The van der Waals surface area contributed by atoms with Crippen LogP contribution >= 0.6 is 0 Å². The van der Waals surface area contributed by atoms with Crippen molar-refractivity contribution >= 4 is 21.6 Å². The van der Waals surface area contributed by atoms with Gasteiger partial charge < -0.3 is 10.1 Å². The summed E-state index contributed by atoms with van der Waals surface area (Å²) >= 11 is 0. The fourth-order valence-electron chi connectivity index (χ4n) is 2.32. The van der Waals surface area contributed by atoms with E-state index >= 15 is 0 Å². The molecule has 0 aliphatic rings. The van der Waals surface area contributed by atoms with Gasteiger partial charge in [0.25, 0.3) is 0 Å². The maximum atomic E-state index is 13.6. The summed E-state index contributed by atoms with van der Waals surface area (Å²) in [6.07, 6.45) is 1.39. The smallest absolute Gasteiger partial charge is 0.243 e. The minimum absolute atomic E-state index is 0.0272. The van der Waals surface area contributed by atoms with Gasteiger partial charge in [0.15, 0.2) is 0 Å². The zero-order valence-corrected chi connectivity index (χ0v) is 15.9. The lowest BCUT2D eigenvalue weighted by Gasteiger charge is -2.20. The van der Waals surface area contributed by atoms with Gasteiger partial charge in [0.05, 0.1) is 18.6 Å². The molecule has 6 nitrogen and oxygen atoms in total. The molecule has 0 aromatic heterocycles. The number of hydrogen-bond donors (Lipinski definition) is 1. The van der Waals surface area contributed by atoms with E-state index in [0.29, 0.717) is 11.3 Å². The van der Waals surface area contributed by atoms with Gasteiger partial charge in [0.1, 0.15) is 11.6 Å². The summed E-state index contributed by atoms with van der Waals surface area (Å²) in [5.74, 6) is -0.526. The minimum Gasteiger partial charge on any atom is -0.497 e. The molecule has 2 rings (SSSR count). The molecule has 144 valence electrons. The maximum absolute atomic E-state index is 13.6. The van der Waals surface area contributed by atoms with E-state index in [0.717, 1.165) is 4.31 Å². The van der Waals surface area contributed by atoms with Crippen LogP contribution in [-0.2, 0) is 14.8 Å². The lowest BCUT2D eigenvalue weighted by atomic mass is 10.2. The molecule has 1 N–H and O–H groups in total. The SMILES string of the molecule is C=CCN(CC(=O)Nc1ccc(C)c(F)c1)S(=O)(=O)c1ccc(OC)cc1. The topological polar surface area (TPSA) is 75.7 Å². The Labute approximate surface area is 158 Å². The molecule has 1 amide bonds. The van der Waals surface area contributed by atoms with Crippen molar-refractivity contribution in [2.75, 3.05) is 25.5 Å². The molecule has 2 aromatic carbocycles. The Kier molecular flexibility index (Phi) is 6.70. The summed E-state index contributed by atoms with van der Waals surface area (Å²) in [4.78, 5) is 12.3. The molecular weight excluding hydrogens is 371 g/mol. The van der Waals surface area contributed by atoms with Crippen molar-refractivity contribution < 1.29 is 22.3 Å². The number of nitrogens with one attached hydrogen (secondary N) is 1. The highest BCUT2D eigenvalue weighted by Crippen LogP contribution is 2.20. The van der Waals surface area contributed by atoms with Gasteiger partial charge in [-0.1, -0.05) is 12.1 Å². The van der Waals surface area contributed by atoms with Gasteiger partial charge in [0, 0.05) is 12.2 Å². The predicted molar refractivity (Wildman–Crippen MR) is 102 cm³/mol. The second kappa shape index (κ2) is 8.79. The van der Waals surface area contributed by atoms with Crippen molar-refractivity contribution in [3.05, 3.63) is 66.5 Å². The first-order valence-corrected chi connectivity index (χ1v) is 9.53. The van der Waals surface area contributed by atoms with E-state index in [1.165, 1.54) is 49.6 Å². The summed E-state index contributed by atoms with van der Waals surface area (Å²) in [7, 11) is -2.44. The fraction of sp³-hybridized carbons (Fsp3) is 0.211. The Balaban J connectivity index is 2.18. The molecule has 0 saturated carbocycles. The number of amides is 1. The molecule has 0 saturated heterocycles. The first-order valence-electron chi connectivity index (χ1n) is 8.09. The number of aryl methyl sites for hydroxylation is 1. The molecule has 8 heteroatoms. The number of nitrogens with zero attached hydrogens (tertiary/aromatic N) is 1.